The lowest BCUT2D eigenvalue weighted by molar-refractivity contribution is 0.158. The molecule has 0 saturated heterocycles. The topological polar surface area (TPSA) is 88.4 Å². The maximum Gasteiger partial charge on any atom is 0.413 e. The smallest absolute Gasteiger partial charge is 0.413 e. The number of hydrogen-bond donors (Lipinski definition) is 4. The molecule has 0 aliphatic heterocycles. The standard InChI is InChI=1S/C11H14N4O2S2/c1-2-17-11(16)15-10(19)14-8-6-4-3-5-7(8)13-9(12)18/h3-6H,2H2,1H3,(H3,12,13,18)(H2,14,15,16,19). The Bertz CT molecular complexity index is 493. The van der Waals surface area contributed by atoms with Crippen LogP contribution in [0.4, 0.5) is 16.2 Å². The lowest BCUT2D eigenvalue weighted by Crippen LogP contribution is -2.34. The van der Waals surface area contributed by atoms with Crippen LogP contribution in [-0.4, -0.2) is 22.9 Å². The zero-order valence-corrected chi connectivity index (χ0v) is 11.9. The number of benzene rings is 1. The van der Waals surface area contributed by atoms with E-state index in [-0.39, 0.29) is 16.8 Å². The molecular formula is C11H14N4O2S2. The van der Waals surface area contributed by atoms with E-state index in [2.05, 4.69) is 16.0 Å². The molecule has 0 bridgehead atoms. The van der Waals surface area contributed by atoms with Gasteiger partial charge in [0.2, 0.25) is 0 Å². The second-order valence-corrected chi connectivity index (χ2v) is 4.18. The fraction of sp³-hybridized carbons (Fsp3) is 0.182. The molecule has 0 aliphatic carbocycles. The van der Waals surface area contributed by atoms with Gasteiger partial charge in [-0.15, -0.1) is 0 Å². The number of rotatable bonds is 3. The summed E-state index contributed by atoms with van der Waals surface area (Å²) in [6, 6.07) is 7.15. The Morgan fingerprint density at radius 1 is 1.26 bits per heavy atom. The molecule has 1 amide bonds. The first-order chi connectivity index (χ1) is 9.02. The van der Waals surface area contributed by atoms with Crippen LogP contribution in [0.3, 0.4) is 0 Å². The summed E-state index contributed by atoms with van der Waals surface area (Å²) in [5.41, 5.74) is 6.71. The zero-order valence-electron chi connectivity index (χ0n) is 10.2. The molecule has 8 heteroatoms. The largest absolute Gasteiger partial charge is 0.450 e. The van der Waals surface area contributed by atoms with E-state index in [9.17, 15) is 4.79 Å². The number of thiocarbonyl (C=S) groups is 2. The number of alkyl carbamates (subject to hydrolysis) is 1. The van der Waals surface area contributed by atoms with E-state index >= 15 is 0 Å². The van der Waals surface area contributed by atoms with Crippen LogP contribution in [0.1, 0.15) is 6.92 Å². The van der Waals surface area contributed by atoms with Crippen molar-refractivity contribution in [3.8, 4) is 0 Å². The second-order valence-electron chi connectivity index (χ2n) is 3.33. The SMILES string of the molecule is CCOC(=O)NC(=S)Nc1ccccc1NC(N)=S. The van der Waals surface area contributed by atoms with Crippen LogP contribution in [0, 0.1) is 0 Å². The van der Waals surface area contributed by atoms with Gasteiger partial charge in [-0.25, -0.2) is 4.79 Å². The third-order valence-electron chi connectivity index (χ3n) is 1.92. The Balaban J connectivity index is 2.68. The van der Waals surface area contributed by atoms with Crippen molar-refractivity contribution < 1.29 is 9.53 Å². The summed E-state index contributed by atoms with van der Waals surface area (Å²) >= 11 is 9.76. The van der Waals surface area contributed by atoms with Crippen LogP contribution in [0.25, 0.3) is 0 Å². The van der Waals surface area contributed by atoms with Gasteiger partial charge in [0.05, 0.1) is 18.0 Å². The van der Waals surface area contributed by atoms with Gasteiger partial charge in [0.25, 0.3) is 0 Å². The Morgan fingerprint density at radius 2 is 1.84 bits per heavy atom. The Labute approximate surface area is 121 Å². The predicted molar refractivity (Wildman–Crippen MR) is 83.2 cm³/mol. The molecule has 0 fully saturated rings. The Morgan fingerprint density at radius 3 is 2.37 bits per heavy atom. The van der Waals surface area contributed by atoms with Gasteiger partial charge in [0, 0.05) is 0 Å². The minimum atomic E-state index is -0.611. The van der Waals surface area contributed by atoms with Crippen LogP contribution < -0.4 is 21.7 Å². The van der Waals surface area contributed by atoms with E-state index in [4.69, 9.17) is 34.9 Å². The monoisotopic (exact) mass is 298 g/mol. The van der Waals surface area contributed by atoms with Crippen LogP contribution in [0.15, 0.2) is 24.3 Å². The maximum absolute atomic E-state index is 11.2. The van der Waals surface area contributed by atoms with Gasteiger partial charge >= 0.3 is 6.09 Å². The molecule has 0 atom stereocenters. The van der Waals surface area contributed by atoms with Crippen LogP contribution in [0.5, 0.6) is 0 Å². The first kappa shape index (κ1) is 15.1. The van der Waals surface area contributed by atoms with Crippen LogP contribution in [-0.2, 0) is 4.74 Å². The van der Waals surface area contributed by atoms with E-state index in [0.717, 1.165) is 0 Å². The molecule has 19 heavy (non-hydrogen) atoms. The number of nitrogens with two attached hydrogens (primary N) is 1. The first-order valence-electron chi connectivity index (χ1n) is 5.43. The average Bonchev–Trinajstić information content (AvgIpc) is 2.31. The predicted octanol–water partition coefficient (Wildman–Crippen LogP) is 1.78. The fourth-order valence-corrected chi connectivity index (χ4v) is 1.55. The molecule has 5 N–H and O–H groups in total. The van der Waals surface area contributed by atoms with Crippen molar-refractivity contribution in [1.82, 2.24) is 5.32 Å². The fourth-order valence-electron chi connectivity index (χ4n) is 1.25. The summed E-state index contributed by atoms with van der Waals surface area (Å²) in [7, 11) is 0. The molecular weight excluding hydrogens is 284 g/mol. The van der Waals surface area contributed by atoms with Crippen LogP contribution >= 0.6 is 24.4 Å². The maximum atomic E-state index is 11.2. The first-order valence-corrected chi connectivity index (χ1v) is 6.24. The lowest BCUT2D eigenvalue weighted by atomic mass is 10.2. The minimum Gasteiger partial charge on any atom is -0.450 e. The van der Waals surface area contributed by atoms with Gasteiger partial charge in [-0.05, 0) is 43.5 Å². The third kappa shape index (κ3) is 5.49. The van der Waals surface area contributed by atoms with Crippen molar-refractivity contribution in [3.63, 3.8) is 0 Å². The zero-order chi connectivity index (χ0) is 14.3. The summed E-state index contributed by atoms with van der Waals surface area (Å²) in [5, 5.41) is 8.28. The van der Waals surface area contributed by atoms with E-state index in [1.807, 2.05) is 6.07 Å². The number of anilines is 2. The van der Waals surface area contributed by atoms with Crippen molar-refractivity contribution in [2.24, 2.45) is 5.73 Å². The van der Waals surface area contributed by atoms with Gasteiger partial charge in [-0.1, -0.05) is 12.1 Å². The molecule has 6 nitrogen and oxygen atoms in total. The molecule has 0 spiro atoms. The highest BCUT2D eigenvalue weighted by Gasteiger charge is 2.07. The number of para-hydroxylation sites is 2. The molecule has 0 unspecified atom stereocenters. The Kier molecular flexibility index (Phi) is 5.97. The molecule has 1 aromatic rings. The minimum absolute atomic E-state index is 0.121. The molecule has 0 saturated carbocycles. The van der Waals surface area contributed by atoms with Crippen molar-refractivity contribution >= 4 is 52.1 Å². The highest BCUT2D eigenvalue weighted by Crippen LogP contribution is 2.20. The van der Waals surface area contributed by atoms with Crippen molar-refractivity contribution in [3.05, 3.63) is 24.3 Å². The van der Waals surface area contributed by atoms with Gasteiger partial charge in [0.15, 0.2) is 10.2 Å². The number of carbonyl (C=O) groups is 1. The normalized spacial score (nSPS) is 9.32. The van der Waals surface area contributed by atoms with E-state index < -0.39 is 6.09 Å². The molecule has 0 aromatic heterocycles. The number of nitrogens with one attached hydrogen (secondary N) is 3. The molecule has 0 heterocycles. The van der Waals surface area contributed by atoms with Crippen LogP contribution in [0.2, 0.25) is 0 Å². The van der Waals surface area contributed by atoms with E-state index in [0.29, 0.717) is 11.4 Å². The Hall–Kier alpha value is -1.93. The quantitative estimate of drug-likeness (QED) is 0.633. The van der Waals surface area contributed by atoms with Crippen molar-refractivity contribution in [1.29, 1.82) is 0 Å². The number of ether oxygens (including phenoxy) is 1. The summed E-state index contributed by atoms with van der Waals surface area (Å²) in [6.45, 7) is 1.98. The van der Waals surface area contributed by atoms with Gasteiger partial charge in [-0.2, -0.15) is 0 Å². The molecule has 1 rings (SSSR count). The van der Waals surface area contributed by atoms with Gasteiger partial charge in [0.1, 0.15) is 0 Å². The number of hydrogen-bond acceptors (Lipinski definition) is 4. The second kappa shape index (κ2) is 7.49. The third-order valence-corrected chi connectivity index (χ3v) is 2.23. The number of amides is 1. The molecule has 1 aromatic carbocycles. The van der Waals surface area contributed by atoms with Crippen molar-refractivity contribution in [2.45, 2.75) is 6.92 Å². The average molecular weight is 298 g/mol. The summed E-state index contributed by atoms with van der Waals surface area (Å²) in [5.74, 6) is 0. The molecule has 102 valence electrons. The summed E-state index contributed by atoms with van der Waals surface area (Å²) < 4.78 is 4.71. The lowest BCUT2D eigenvalue weighted by Gasteiger charge is -2.13. The summed E-state index contributed by atoms with van der Waals surface area (Å²) in [6.07, 6.45) is -0.611. The molecule has 0 aliphatic rings. The highest BCUT2D eigenvalue weighted by atomic mass is 32.1. The van der Waals surface area contributed by atoms with Gasteiger partial charge in [-0.3, -0.25) is 5.32 Å². The summed E-state index contributed by atoms with van der Waals surface area (Å²) in [4.78, 5) is 11.2. The van der Waals surface area contributed by atoms with Gasteiger partial charge < -0.3 is 21.1 Å². The number of carbonyl (C=O) groups excluding carboxylic acids is 1. The van der Waals surface area contributed by atoms with Crippen molar-refractivity contribution in [2.75, 3.05) is 17.2 Å². The molecule has 0 radical (unpaired) electrons. The van der Waals surface area contributed by atoms with E-state index in [1.165, 1.54) is 0 Å². The van der Waals surface area contributed by atoms with E-state index in [1.54, 1.807) is 25.1 Å². The highest BCUT2D eigenvalue weighted by molar-refractivity contribution is 7.80.